The van der Waals surface area contributed by atoms with E-state index in [0.29, 0.717) is 6.42 Å². The van der Waals surface area contributed by atoms with Gasteiger partial charge in [-0.1, -0.05) is 37.3 Å². The number of nitrogens with zero attached hydrogens (tertiary/aromatic N) is 1. The second-order valence-electron chi connectivity index (χ2n) is 6.09. The van der Waals surface area contributed by atoms with Gasteiger partial charge in [-0.15, -0.1) is 0 Å². The number of halogens is 1. The average Bonchev–Trinajstić information content (AvgIpc) is 2.60. The number of anilines is 1. The maximum atomic E-state index is 13.2. The summed E-state index contributed by atoms with van der Waals surface area (Å²) in [7, 11) is -3.73. The van der Waals surface area contributed by atoms with E-state index >= 15 is 0 Å². The van der Waals surface area contributed by atoms with E-state index in [1.165, 1.54) is 19.1 Å². The molecule has 0 aliphatic carbocycles. The first-order valence-corrected chi connectivity index (χ1v) is 10.2. The molecule has 26 heavy (non-hydrogen) atoms. The molecule has 1 amide bonds. The first-order valence-electron chi connectivity index (χ1n) is 8.34. The van der Waals surface area contributed by atoms with Gasteiger partial charge < -0.3 is 5.32 Å². The fraction of sp³-hybridized carbons (Fsp3) is 0.316. The molecule has 0 aliphatic heterocycles. The fourth-order valence-corrected chi connectivity index (χ4v) is 3.97. The lowest BCUT2D eigenvalue weighted by atomic mass is 10.0. The van der Waals surface area contributed by atoms with Crippen molar-refractivity contribution in [1.82, 2.24) is 5.32 Å². The maximum Gasteiger partial charge on any atom is 0.244 e. The Hall–Kier alpha value is -2.41. The summed E-state index contributed by atoms with van der Waals surface area (Å²) in [6.45, 7) is 3.45. The van der Waals surface area contributed by atoms with Crippen LogP contribution in [0.1, 0.15) is 31.9 Å². The molecule has 0 saturated carbocycles. The van der Waals surface area contributed by atoms with Crippen molar-refractivity contribution >= 4 is 21.6 Å². The second kappa shape index (κ2) is 8.31. The SMILES string of the molecule is CC[C@H](NC(=O)[C@@H](C)N(c1ccc(F)cc1)S(C)(=O)=O)c1ccccc1. The van der Waals surface area contributed by atoms with Crippen LogP contribution in [0.4, 0.5) is 10.1 Å². The third-order valence-corrected chi connectivity index (χ3v) is 5.34. The number of carbonyl (C=O) groups excluding carboxylic acids is 1. The first-order chi connectivity index (χ1) is 12.2. The molecule has 0 aromatic heterocycles. The first kappa shape index (κ1) is 19.9. The van der Waals surface area contributed by atoms with Crippen LogP contribution < -0.4 is 9.62 Å². The highest BCUT2D eigenvalue weighted by molar-refractivity contribution is 7.92. The fourth-order valence-electron chi connectivity index (χ4n) is 2.80. The number of carbonyl (C=O) groups is 1. The zero-order valence-corrected chi connectivity index (χ0v) is 15.8. The third-order valence-electron chi connectivity index (χ3n) is 4.10. The molecule has 5 nitrogen and oxygen atoms in total. The van der Waals surface area contributed by atoms with E-state index in [2.05, 4.69) is 5.32 Å². The van der Waals surface area contributed by atoms with Crippen LogP contribution in [0.5, 0.6) is 0 Å². The van der Waals surface area contributed by atoms with Crippen molar-refractivity contribution in [2.24, 2.45) is 0 Å². The van der Waals surface area contributed by atoms with Gasteiger partial charge in [0.2, 0.25) is 15.9 Å². The number of nitrogens with one attached hydrogen (secondary N) is 1. The van der Waals surface area contributed by atoms with E-state index < -0.39 is 27.8 Å². The van der Waals surface area contributed by atoms with Crippen molar-refractivity contribution in [2.75, 3.05) is 10.6 Å². The molecule has 0 heterocycles. The van der Waals surface area contributed by atoms with Crippen LogP contribution in [-0.4, -0.2) is 26.6 Å². The summed E-state index contributed by atoms with van der Waals surface area (Å²) in [5.74, 6) is -0.898. The van der Waals surface area contributed by atoms with Gasteiger partial charge in [-0.25, -0.2) is 12.8 Å². The highest BCUT2D eigenvalue weighted by Gasteiger charge is 2.30. The minimum absolute atomic E-state index is 0.222. The zero-order valence-electron chi connectivity index (χ0n) is 15.0. The van der Waals surface area contributed by atoms with E-state index in [-0.39, 0.29) is 11.7 Å². The summed E-state index contributed by atoms with van der Waals surface area (Å²) in [5, 5.41) is 2.90. The van der Waals surface area contributed by atoms with Crippen molar-refractivity contribution in [3.63, 3.8) is 0 Å². The molecule has 0 fully saturated rings. The number of rotatable bonds is 7. The normalized spacial score (nSPS) is 13.7. The molecule has 0 radical (unpaired) electrons. The number of hydrogen-bond acceptors (Lipinski definition) is 3. The molecular formula is C19H23FN2O3S. The van der Waals surface area contributed by atoms with Crippen molar-refractivity contribution < 1.29 is 17.6 Å². The molecule has 2 aromatic rings. The summed E-state index contributed by atoms with van der Waals surface area (Å²) in [6, 6.07) is 13.3. The largest absolute Gasteiger partial charge is 0.347 e. The van der Waals surface area contributed by atoms with Gasteiger partial charge in [0.15, 0.2) is 0 Å². The standard InChI is InChI=1S/C19H23FN2O3S/c1-4-18(15-8-6-5-7-9-15)21-19(23)14(2)22(26(3,24)25)17-12-10-16(20)11-13-17/h5-14,18H,4H2,1-3H3,(H,21,23)/t14-,18+/m1/s1. The summed E-state index contributed by atoms with van der Waals surface area (Å²) in [6.07, 6.45) is 1.69. The monoisotopic (exact) mass is 378 g/mol. The summed E-state index contributed by atoms with van der Waals surface area (Å²) in [5.41, 5.74) is 1.19. The van der Waals surface area contributed by atoms with Crippen LogP contribution in [0.3, 0.4) is 0 Å². The summed E-state index contributed by atoms with van der Waals surface area (Å²) in [4.78, 5) is 12.7. The van der Waals surface area contributed by atoms with Gasteiger partial charge in [0.05, 0.1) is 18.0 Å². The lowest BCUT2D eigenvalue weighted by Gasteiger charge is -2.29. The van der Waals surface area contributed by atoms with Crippen molar-refractivity contribution in [3.8, 4) is 0 Å². The highest BCUT2D eigenvalue weighted by Crippen LogP contribution is 2.22. The highest BCUT2D eigenvalue weighted by atomic mass is 32.2. The Kier molecular flexibility index (Phi) is 6.37. The van der Waals surface area contributed by atoms with Crippen LogP contribution in [0.2, 0.25) is 0 Å². The van der Waals surface area contributed by atoms with E-state index in [1.807, 2.05) is 37.3 Å². The van der Waals surface area contributed by atoms with Gasteiger partial charge in [-0.3, -0.25) is 9.10 Å². The Morgan fingerprint density at radius 2 is 1.69 bits per heavy atom. The van der Waals surface area contributed by atoms with Gasteiger partial charge in [0.25, 0.3) is 0 Å². The van der Waals surface area contributed by atoms with Gasteiger partial charge in [0, 0.05) is 0 Å². The van der Waals surface area contributed by atoms with E-state index in [1.54, 1.807) is 0 Å². The smallest absolute Gasteiger partial charge is 0.244 e. The number of amides is 1. The van der Waals surface area contributed by atoms with Gasteiger partial charge in [-0.2, -0.15) is 0 Å². The predicted octanol–water partition coefficient (Wildman–Crippen LogP) is 3.25. The Morgan fingerprint density at radius 1 is 1.12 bits per heavy atom. The Bertz CT molecular complexity index is 839. The van der Waals surface area contributed by atoms with Gasteiger partial charge in [-0.05, 0) is 43.2 Å². The van der Waals surface area contributed by atoms with Crippen molar-refractivity contribution in [1.29, 1.82) is 0 Å². The number of benzene rings is 2. The second-order valence-corrected chi connectivity index (χ2v) is 7.95. The molecule has 0 aliphatic rings. The Balaban J connectivity index is 2.26. The molecule has 0 unspecified atom stereocenters. The topological polar surface area (TPSA) is 66.5 Å². The molecule has 2 rings (SSSR count). The molecule has 2 atom stereocenters. The predicted molar refractivity (Wildman–Crippen MR) is 101 cm³/mol. The minimum Gasteiger partial charge on any atom is -0.347 e. The molecule has 140 valence electrons. The van der Waals surface area contributed by atoms with E-state index in [0.717, 1.165) is 28.3 Å². The van der Waals surface area contributed by atoms with Crippen molar-refractivity contribution in [3.05, 3.63) is 66.0 Å². The molecule has 2 aromatic carbocycles. The van der Waals surface area contributed by atoms with Crippen LogP contribution in [0.15, 0.2) is 54.6 Å². The average molecular weight is 378 g/mol. The third kappa shape index (κ3) is 4.82. The van der Waals surface area contributed by atoms with Crippen molar-refractivity contribution in [2.45, 2.75) is 32.4 Å². The van der Waals surface area contributed by atoms with E-state index in [4.69, 9.17) is 0 Å². The molecule has 7 heteroatoms. The Labute approximate surface area is 153 Å². The molecular weight excluding hydrogens is 355 g/mol. The summed E-state index contributed by atoms with van der Waals surface area (Å²) < 4.78 is 38.6. The zero-order chi connectivity index (χ0) is 19.3. The minimum atomic E-state index is -3.73. The van der Waals surface area contributed by atoms with Crippen LogP contribution in [0, 0.1) is 5.82 Å². The quantitative estimate of drug-likeness (QED) is 0.804. The van der Waals surface area contributed by atoms with Crippen LogP contribution in [-0.2, 0) is 14.8 Å². The number of hydrogen-bond donors (Lipinski definition) is 1. The molecule has 0 bridgehead atoms. The van der Waals surface area contributed by atoms with Gasteiger partial charge >= 0.3 is 0 Å². The lowest BCUT2D eigenvalue weighted by Crippen LogP contribution is -2.48. The lowest BCUT2D eigenvalue weighted by molar-refractivity contribution is -0.122. The molecule has 0 saturated heterocycles. The van der Waals surface area contributed by atoms with Gasteiger partial charge in [0.1, 0.15) is 11.9 Å². The molecule has 1 N–H and O–H groups in total. The van der Waals surface area contributed by atoms with Crippen LogP contribution in [0.25, 0.3) is 0 Å². The van der Waals surface area contributed by atoms with E-state index in [9.17, 15) is 17.6 Å². The summed E-state index contributed by atoms with van der Waals surface area (Å²) >= 11 is 0. The Morgan fingerprint density at radius 3 is 2.19 bits per heavy atom. The number of sulfonamides is 1. The van der Waals surface area contributed by atoms with Crippen LogP contribution >= 0.6 is 0 Å². The molecule has 0 spiro atoms. The maximum absolute atomic E-state index is 13.2.